The summed E-state index contributed by atoms with van der Waals surface area (Å²) >= 11 is 13.1. The molecule has 0 fully saturated rings. The fraction of sp³-hybridized carbons (Fsp3) is 0.0889. The standard InChI is InChI=1S/C14H12OS.C13H9F3N2OS.C13H12N2OS.C13H11NOS.C12H10N2OS.C12H10S.C7H8.C6H6S/c1-11(15)12-7-9-14(10-8-12)16-13-5-3-2-4-6-13;1-8(19)9-2-4-10(5-3-9)20-12-17-7-6-11(18-12)13(14,15)16;1-9-7-8-14-13(15-9)17-12-5-3-11(4-6-12)10(2)16;1-10(15)11-5-7-12(8-6-11)16-13-4-2-3-9-14-13;1-9(15)10-3-5-11(6-4-10)16-12-13-7-2-8-14-12;1-3-7-11(8-4-1)13-12-9-5-2-6-10-12;1-7-5-3-2-4-6-7;7-6-4-2-1-3-5-6/h2-10H,1H3;2-7H,1H3;3-8H,1-2H3;2-9H,1H3;2-8H,1H3;1-10H;2-6H,1H3;1-5,7H. The van der Waals surface area contributed by atoms with Gasteiger partial charge in [-0.2, -0.15) is 13.2 Å². The highest BCUT2D eigenvalue weighted by atomic mass is 32.2. The number of pyridine rings is 1. The molecule has 0 aliphatic rings. The molecule has 4 aromatic heterocycles. The van der Waals surface area contributed by atoms with Gasteiger partial charge in [0, 0.05) is 109 Å². The highest BCUT2D eigenvalue weighted by Crippen LogP contribution is 2.33. The largest absolute Gasteiger partial charge is 0.433 e. The van der Waals surface area contributed by atoms with Gasteiger partial charge in [-0.05, 0) is 223 Å². The molecule has 112 heavy (non-hydrogen) atoms. The van der Waals surface area contributed by atoms with Crippen LogP contribution in [0.25, 0.3) is 0 Å². The highest BCUT2D eigenvalue weighted by Gasteiger charge is 2.33. The first-order valence-corrected chi connectivity index (χ1v) is 39.8. The molecule has 0 radical (unpaired) electrons. The number of carbonyl (C=O) groups is 5. The number of aryl methyl sites for hydroxylation is 2. The van der Waals surface area contributed by atoms with E-state index in [2.05, 4.69) is 127 Å². The molecular formula is C90H78F3N7O5S7. The van der Waals surface area contributed by atoms with Crippen LogP contribution in [0.5, 0.6) is 0 Å². The van der Waals surface area contributed by atoms with Crippen molar-refractivity contribution >= 4 is 112 Å². The first kappa shape index (κ1) is 88.4. The lowest BCUT2D eigenvalue weighted by molar-refractivity contribution is -0.141. The Morgan fingerprint density at radius 3 is 0.866 bits per heavy atom. The van der Waals surface area contributed by atoms with E-state index in [1.54, 1.807) is 118 Å². The van der Waals surface area contributed by atoms with Crippen molar-refractivity contribution in [3.63, 3.8) is 0 Å². The normalized spacial score (nSPS) is 10.1. The van der Waals surface area contributed by atoms with Crippen molar-refractivity contribution in [2.75, 3.05) is 0 Å². The Bertz CT molecular complexity index is 4830. The second-order valence-electron chi connectivity index (χ2n) is 23.3. The van der Waals surface area contributed by atoms with Crippen molar-refractivity contribution in [2.45, 2.75) is 119 Å². The predicted octanol–water partition coefficient (Wildman–Crippen LogP) is 25.1. The second kappa shape index (κ2) is 48.7. The zero-order valence-corrected chi connectivity index (χ0v) is 67.8. The van der Waals surface area contributed by atoms with Crippen LogP contribution in [0.3, 0.4) is 0 Å². The van der Waals surface area contributed by atoms with Crippen LogP contribution in [0.15, 0.2) is 405 Å². The van der Waals surface area contributed by atoms with Crippen molar-refractivity contribution in [3.05, 3.63) is 385 Å². The molecule has 0 amide bonds. The number of halogens is 3. The summed E-state index contributed by atoms with van der Waals surface area (Å²) in [6.07, 6.45) is 3.51. The number of hydrogen-bond donors (Lipinski definition) is 1. The maximum Gasteiger partial charge on any atom is 0.433 e. The molecule has 0 saturated heterocycles. The molecule has 0 bridgehead atoms. The maximum atomic E-state index is 12.5. The number of hydrogen-bond acceptors (Lipinski definition) is 19. The van der Waals surface area contributed by atoms with Gasteiger partial charge in [0.15, 0.2) is 44.4 Å². The molecule has 14 rings (SSSR count). The minimum Gasteiger partial charge on any atom is -0.295 e. The van der Waals surface area contributed by atoms with E-state index in [0.29, 0.717) is 15.6 Å². The zero-order chi connectivity index (χ0) is 80.3. The monoisotopic (exact) mass is 1620 g/mol. The highest BCUT2D eigenvalue weighted by molar-refractivity contribution is 8.00. The molecule has 0 spiro atoms. The average Bonchev–Trinajstić information content (AvgIpc) is 0.840. The Kier molecular flexibility index (Phi) is 38.5. The van der Waals surface area contributed by atoms with E-state index in [-0.39, 0.29) is 34.1 Å². The number of rotatable bonds is 17. The third kappa shape index (κ3) is 35.0. The number of alkyl halides is 3. The van der Waals surface area contributed by atoms with Gasteiger partial charge in [0.2, 0.25) is 0 Å². The zero-order valence-electron chi connectivity index (χ0n) is 62.0. The summed E-state index contributed by atoms with van der Waals surface area (Å²) in [5.74, 6) is 0.281. The Balaban J connectivity index is 0.000000181. The van der Waals surface area contributed by atoms with Gasteiger partial charge < -0.3 is 0 Å². The van der Waals surface area contributed by atoms with Crippen LogP contribution in [0.2, 0.25) is 0 Å². The van der Waals surface area contributed by atoms with Crippen LogP contribution in [-0.2, 0) is 6.18 Å². The van der Waals surface area contributed by atoms with E-state index in [1.165, 1.54) is 50.7 Å². The number of ketones is 5. The van der Waals surface area contributed by atoms with E-state index < -0.39 is 11.9 Å². The summed E-state index contributed by atoms with van der Waals surface area (Å²) in [7, 11) is 0. The van der Waals surface area contributed by atoms with Gasteiger partial charge >= 0.3 is 6.18 Å². The maximum absolute atomic E-state index is 12.5. The van der Waals surface area contributed by atoms with Gasteiger partial charge in [0.05, 0.1) is 0 Å². The molecule has 0 unspecified atom stereocenters. The Labute approximate surface area is 683 Å². The molecule has 4 heterocycles. The van der Waals surface area contributed by atoms with Gasteiger partial charge in [0.1, 0.15) is 10.7 Å². The molecule has 12 nitrogen and oxygen atoms in total. The lowest BCUT2D eigenvalue weighted by Crippen LogP contribution is -2.08. The van der Waals surface area contributed by atoms with Crippen LogP contribution < -0.4 is 0 Å². The number of carbonyl (C=O) groups excluding carboxylic acids is 5. The van der Waals surface area contributed by atoms with Crippen LogP contribution in [-0.4, -0.2) is 63.8 Å². The van der Waals surface area contributed by atoms with Gasteiger partial charge in [-0.3, -0.25) is 24.0 Å². The number of aromatic nitrogens is 7. The van der Waals surface area contributed by atoms with E-state index in [0.717, 1.165) is 86.6 Å². The summed E-state index contributed by atoms with van der Waals surface area (Å²) in [4.78, 5) is 93.5. The molecule has 566 valence electrons. The van der Waals surface area contributed by atoms with Crippen LogP contribution >= 0.6 is 83.2 Å². The predicted molar refractivity (Wildman–Crippen MR) is 451 cm³/mol. The number of thiol groups is 1. The molecular weight excluding hydrogens is 1540 g/mol. The summed E-state index contributed by atoms with van der Waals surface area (Å²) in [5, 5.41) is 2.40. The molecule has 0 aliphatic heterocycles. The Morgan fingerprint density at radius 2 is 0.562 bits per heavy atom. The second-order valence-corrected chi connectivity index (χ2v) is 30.4. The Hall–Kier alpha value is -10.8. The molecule has 0 N–H and O–H groups in total. The summed E-state index contributed by atoms with van der Waals surface area (Å²) in [5.41, 5.74) is 4.78. The number of nitrogens with zero attached hydrogens (tertiary/aromatic N) is 7. The van der Waals surface area contributed by atoms with E-state index >= 15 is 0 Å². The lowest BCUT2D eigenvalue weighted by atomic mass is 10.2. The van der Waals surface area contributed by atoms with Crippen LogP contribution in [0, 0.1) is 13.8 Å². The van der Waals surface area contributed by atoms with Crippen LogP contribution in [0.1, 0.15) is 103 Å². The third-order valence-corrected chi connectivity index (χ3v) is 20.4. The van der Waals surface area contributed by atoms with Crippen molar-refractivity contribution < 1.29 is 37.1 Å². The minimum atomic E-state index is -4.49. The fourth-order valence-electron chi connectivity index (χ4n) is 8.69. The van der Waals surface area contributed by atoms with Crippen molar-refractivity contribution in [1.29, 1.82) is 0 Å². The SMILES string of the molecule is CC(=O)c1ccc(Sc2ccccc2)cc1.CC(=O)c1ccc(Sc2ccccn2)cc1.CC(=O)c1ccc(Sc2nccc(C(F)(F)F)n2)cc1.CC(=O)c1ccc(Sc2nccc(C)n2)cc1.CC(=O)c1ccc(Sc2ncccn2)cc1.Cc1ccccc1.Sc1ccccc1.c1ccc(Sc2ccccc2)cc1. The minimum absolute atomic E-state index is 0.00963. The van der Waals surface area contributed by atoms with Crippen molar-refractivity contribution in [2.24, 2.45) is 0 Å². The van der Waals surface area contributed by atoms with E-state index in [1.807, 2.05) is 207 Å². The van der Waals surface area contributed by atoms with Gasteiger partial charge in [-0.25, -0.2) is 34.9 Å². The van der Waals surface area contributed by atoms with Crippen molar-refractivity contribution in [1.82, 2.24) is 34.9 Å². The summed E-state index contributed by atoms with van der Waals surface area (Å²) in [6.45, 7) is 11.7. The summed E-state index contributed by atoms with van der Waals surface area (Å²) in [6, 6.07) is 98.0. The quantitative estimate of drug-likeness (QED) is 0.0517. The average molecular weight is 1620 g/mol. The smallest absolute Gasteiger partial charge is 0.295 e. The third-order valence-electron chi connectivity index (χ3n) is 14.4. The fourth-order valence-corrected chi connectivity index (χ4v) is 13.6. The van der Waals surface area contributed by atoms with Gasteiger partial charge in [0.25, 0.3) is 0 Å². The van der Waals surface area contributed by atoms with Crippen molar-refractivity contribution in [3.8, 4) is 0 Å². The van der Waals surface area contributed by atoms with Gasteiger partial charge in [-0.1, -0.05) is 211 Å². The molecule has 0 aliphatic carbocycles. The first-order valence-electron chi connectivity index (χ1n) is 34.4. The molecule has 10 aromatic carbocycles. The number of benzene rings is 10. The molecule has 22 heteroatoms. The lowest BCUT2D eigenvalue weighted by Gasteiger charge is -2.06. The number of Topliss-reactive ketones (excluding diaryl/α,β-unsaturated/α-hetero) is 5. The topological polar surface area (TPSA) is 176 Å². The summed E-state index contributed by atoms with van der Waals surface area (Å²) < 4.78 is 37.5. The molecule has 0 saturated carbocycles. The Morgan fingerprint density at radius 1 is 0.277 bits per heavy atom. The van der Waals surface area contributed by atoms with E-state index in [9.17, 15) is 37.1 Å². The molecule has 0 atom stereocenters. The molecule has 14 aromatic rings. The first-order chi connectivity index (χ1) is 54.0. The van der Waals surface area contributed by atoms with E-state index in [4.69, 9.17) is 0 Å². The van der Waals surface area contributed by atoms with Crippen LogP contribution in [0.4, 0.5) is 13.2 Å². The van der Waals surface area contributed by atoms with Gasteiger partial charge in [-0.15, -0.1) is 12.6 Å².